The van der Waals surface area contributed by atoms with E-state index in [2.05, 4.69) is 56.5 Å². The van der Waals surface area contributed by atoms with Crippen molar-refractivity contribution in [1.82, 2.24) is 15.1 Å². The van der Waals surface area contributed by atoms with Gasteiger partial charge in [0.2, 0.25) is 0 Å². The Morgan fingerprint density at radius 3 is 2.37 bits per heavy atom. The predicted molar refractivity (Wildman–Crippen MR) is 124 cm³/mol. The van der Waals surface area contributed by atoms with Gasteiger partial charge in [-0.2, -0.15) is 0 Å². The van der Waals surface area contributed by atoms with Crippen molar-refractivity contribution >= 4 is 29.9 Å². The average Bonchev–Trinajstić information content (AvgIpc) is 2.63. The van der Waals surface area contributed by atoms with E-state index in [4.69, 9.17) is 4.74 Å². The summed E-state index contributed by atoms with van der Waals surface area (Å²) < 4.78 is 5.81. The fraction of sp³-hybridized carbons (Fsp3) is 0.381. The van der Waals surface area contributed by atoms with E-state index in [-0.39, 0.29) is 24.0 Å². The molecule has 2 aromatic rings. The number of rotatable bonds is 8. The first-order valence-corrected chi connectivity index (χ1v) is 8.90. The number of hydrogen-bond donors (Lipinski definition) is 1. The number of guanidine groups is 1. The highest BCUT2D eigenvalue weighted by molar-refractivity contribution is 14.0. The van der Waals surface area contributed by atoms with E-state index in [1.165, 1.54) is 11.1 Å². The van der Waals surface area contributed by atoms with Crippen LogP contribution in [-0.2, 0) is 13.1 Å². The van der Waals surface area contributed by atoms with Crippen molar-refractivity contribution in [1.29, 1.82) is 0 Å². The van der Waals surface area contributed by atoms with Crippen LogP contribution in [0.2, 0.25) is 0 Å². The van der Waals surface area contributed by atoms with E-state index >= 15 is 0 Å². The zero-order valence-corrected chi connectivity index (χ0v) is 19.0. The van der Waals surface area contributed by atoms with Gasteiger partial charge in [-0.1, -0.05) is 42.5 Å². The molecule has 2 aromatic carbocycles. The van der Waals surface area contributed by atoms with Crippen LogP contribution in [0, 0.1) is 0 Å². The third-order valence-corrected chi connectivity index (χ3v) is 3.99. The highest BCUT2D eigenvalue weighted by Gasteiger charge is 2.07. The lowest BCUT2D eigenvalue weighted by Crippen LogP contribution is -2.38. The Labute approximate surface area is 180 Å². The Balaban J connectivity index is 0.00000364. The molecule has 0 aromatic heterocycles. The number of nitrogens with zero attached hydrogens (tertiary/aromatic N) is 3. The molecule has 0 aliphatic rings. The van der Waals surface area contributed by atoms with E-state index in [0.29, 0.717) is 13.2 Å². The molecule has 2 rings (SSSR count). The topological polar surface area (TPSA) is 40.1 Å². The molecule has 0 aliphatic heterocycles. The van der Waals surface area contributed by atoms with Gasteiger partial charge < -0.3 is 19.9 Å². The Morgan fingerprint density at radius 2 is 1.70 bits per heavy atom. The van der Waals surface area contributed by atoms with Crippen LogP contribution < -0.4 is 10.1 Å². The van der Waals surface area contributed by atoms with Crippen molar-refractivity contribution in [2.24, 2.45) is 4.99 Å². The first-order valence-electron chi connectivity index (χ1n) is 8.90. The lowest BCUT2D eigenvalue weighted by molar-refractivity contribution is 0.261. The standard InChI is InChI=1S/C21H30N4O.HI/c1-22-21(25(4)17-18-9-6-5-7-10-18)23-16-19-11-8-12-20(15-19)26-14-13-24(2)3;/h5-12,15H,13-14,16-17H2,1-4H3,(H,22,23);1H. The van der Waals surface area contributed by atoms with Crippen LogP contribution in [0.25, 0.3) is 0 Å². The van der Waals surface area contributed by atoms with Crippen LogP contribution in [0.4, 0.5) is 0 Å². The van der Waals surface area contributed by atoms with Crippen molar-refractivity contribution < 1.29 is 4.74 Å². The van der Waals surface area contributed by atoms with Gasteiger partial charge in [0.1, 0.15) is 12.4 Å². The SMILES string of the molecule is CN=C(NCc1cccc(OCCN(C)C)c1)N(C)Cc1ccccc1.I. The molecule has 0 aliphatic carbocycles. The third kappa shape index (κ3) is 8.62. The number of hydrogen-bond acceptors (Lipinski definition) is 3. The molecular formula is C21H31IN4O. The molecule has 5 nitrogen and oxygen atoms in total. The Hall–Kier alpha value is -1.80. The number of likely N-dealkylation sites (N-methyl/N-ethyl adjacent to an activating group) is 1. The molecule has 0 unspecified atom stereocenters. The fourth-order valence-corrected chi connectivity index (χ4v) is 2.59. The maximum Gasteiger partial charge on any atom is 0.193 e. The summed E-state index contributed by atoms with van der Waals surface area (Å²) in [4.78, 5) is 8.61. The molecule has 0 fully saturated rings. The van der Waals surface area contributed by atoms with E-state index < -0.39 is 0 Å². The molecule has 1 N–H and O–H groups in total. The predicted octanol–water partition coefficient (Wildman–Crippen LogP) is 3.45. The molecule has 0 spiro atoms. The molecular weight excluding hydrogens is 451 g/mol. The summed E-state index contributed by atoms with van der Waals surface area (Å²) in [6.07, 6.45) is 0. The quantitative estimate of drug-likeness (QED) is 0.356. The summed E-state index contributed by atoms with van der Waals surface area (Å²) in [5.74, 6) is 1.77. The number of halogens is 1. The number of nitrogens with one attached hydrogen (secondary N) is 1. The smallest absolute Gasteiger partial charge is 0.193 e. The third-order valence-electron chi connectivity index (χ3n) is 3.99. The van der Waals surface area contributed by atoms with Crippen LogP contribution in [-0.4, -0.2) is 57.1 Å². The minimum absolute atomic E-state index is 0. The molecule has 0 saturated carbocycles. The summed E-state index contributed by atoms with van der Waals surface area (Å²) in [6.45, 7) is 3.11. The van der Waals surface area contributed by atoms with Gasteiger partial charge in [-0.3, -0.25) is 4.99 Å². The Bertz CT molecular complexity index is 692. The zero-order chi connectivity index (χ0) is 18.8. The molecule has 0 amide bonds. The summed E-state index contributed by atoms with van der Waals surface area (Å²) in [5.41, 5.74) is 2.43. The van der Waals surface area contributed by atoms with Crippen molar-refractivity contribution in [3.05, 3.63) is 65.7 Å². The minimum atomic E-state index is 0. The molecule has 27 heavy (non-hydrogen) atoms. The van der Waals surface area contributed by atoms with Gasteiger partial charge in [-0.05, 0) is 37.4 Å². The largest absolute Gasteiger partial charge is 0.492 e. The van der Waals surface area contributed by atoms with Crippen LogP contribution in [0.15, 0.2) is 59.6 Å². The lowest BCUT2D eigenvalue weighted by Gasteiger charge is -2.22. The van der Waals surface area contributed by atoms with Gasteiger partial charge in [0, 0.05) is 33.7 Å². The maximum atomic E-state index is 5.81. The van der Waals surface area contributed by atoms with E-state index in [0.717, 1.165) is 24.8 Å². The lowest BCUT2D eigenvalue weighted by atomic mass is 10.2. The first kappa shape index (κ1) is 23.2. The van der Waals surface area contributed by atoms with Crippen molar-refractivity contribution in [2.75, 3.05) is 41.3 Å². The summed E-state index contributed by atoms with van der Waals surface area (Å²) in [7, 11) is 7.94. The second-order valence-electron chi connectivity index (χ2n) is 6.54. The van der Waals surface area contributed by atoms with Crippen LogP contribution in [0.3, 0.4) is 0 Å². The number of benzene rings is 2. The van der Waals surface area contributed by atoms with Gasteiger partial charge in [-0.25, -0.2) is 0 Å². The number of aliphatic imine (C=N–C) groups is 1. The second kappa shape index (κ2) is 12.6. The van der Waals surface area contributed by atoms with Crippen LogP contribution >= 0.6 is 24.0 Å². The summed E-state index contributed by atoms with van der Waals surface area (Å²) in [5, 5.41) is 3.42. The van der Waals surface area contributed by atoms with Gasteiger partial charge >= 0.3 is 0 Å². The maximum absolute atomic E-state index is 5.81. The zero-order valence-electron chi connectivity index (χ0n) is 16.7. The van der Waals surface area contributed by atoms with E-state index in [9.17, 15) is 0 Å². The van der Waals surface area contributed by atoms with Crippen molar-refractivity contribution in [3.8, 4) is 5.75 Å². The van der Waals surface area contributed by atoms with E-state index in [1.807, 2.05) is 46.4 Å². The molecule has 0 heterocycles. The van der Waals surface area contributed by atoms with Crippen molar-refractivity contribution in [3.63, 3.8) is 0 Å². The van der Waals surface area contributed by atoms with Gasteiger partial charge in [0.15, 0.2) is 5.96 Å². The highest BCUT2D eigenvalue weighted by atomic mass is 127. The summed E-state index contributed by atoms with van der Waals surface area (Å²) in [6, 6.07) is 18.6. The monoisotopic (exact) mass is 482 g/mol. The van der Waals surface area contributed by atoms with Crippen LogP contribution in [0.1, 0.15) is 11.1 Å². The normalized spacial score (nSPS) is 11.1. The second-order valence-corrected chi connectivity index (χ2v) is 6.54. The van der Waals surface area contributed by atoms with Crippen LogP contribution in [0.5, 0.6) is 5.75 Å². The fourth-order valence-electron chi connectivity index (χ4n) is 2.59. The van der Waals surface area contributed by atoms with Gasteiger partial charge in [-0.15, -0.1) is 24.0 Å². The summed E-state index contributed by atoms with van der Waals surface area (Å²) >= 11 is 0. The van der Waals surface area contributed by atoms with Crippen molar-refractivity contribution in [2.45, 2.75) is 13.1 Å². The molecule has 0 atom stereocenters. The minimum Gasteiger partial charge on any atom is -0.492 e. The molecule has 0 saturated heterocycles. The molecule has 0 bridgehead atoms. The van der Waals surface area contributed by atoms with Gasteiger partial charge in [0.05, 0.1) is 0 Å². The van der Waals surface area contributed by atoms with E-state index in [1.54, 1.807) is 0 Å². The molecule has 148 valence electrons. The molecule has 0 radical (unpaired) electrons. The average molecular weight is 482 g/mol. The Kier molecular flexibility index (Phi) is 10.8. The number of ether oxygens (including phenoxy) is 1. The van der Waals surface area contributed by atoms with Gasteiger partial charge in [0.25, 0.3) is 0 Å². The first-order chi connectivity index (χ1) is 12.6. The Morgan fingerprint density at radius 1 is 1.00 bits per heavy atom. The highest BCUT2D eigenvalue weighted by Crippen LogP contribution is 2.13. The molecule has 6 heteroatoms.